The molecule has 5 rings (SSSR count). The molecule has 2 aliphatic heterocycles. The highest BCUT2D eigenvalue weighted by molar-refractivity contribution is 5.85. The molecule has 0 N–H and O–H groups in total. The van der Waals surface area contributed by atoms with E-state index in [0.717, 1.165) is 38.4 Å². The average molecular weight is 411 g/mol. The van der Waals surface area contributed by atoms with Crippen molar-refractivity contribution in [2.45, 2.75) is 58.2 Å². The zero-order valence-corrected chi connectivity index (χ0v) is 18.1. The molecule has 2 fully saturated rings. The molecule has 2 heterocycles. The smallest absolute Gasteiger partial charge is 0.226 e. The summed E-state index contributed by atoms with van der Waals surface area (Å²) in [5, 5.41) is 0. The highest BCUT2D eigenvalue weighted by Gasteiger charge is 2.35. The minimum Gasteiger partial charge on any atom is -0.334 e. The summed E-state index contributed by atoms with van der Waals surface area (Å²) in [6, 6.07) is 16.5. The Morgan fingerprint density at radius 2 is 1.69 bits per heavy atom. The molecule has 29 heavy (non-hydrogen) atoms. The maximum absolute atomic E-state index is 12.4. The van der Waals surface area contributed by atoms with Crippen molar-refractivity contribution in [3.05, 3.63) is 59.2 Å². The molecule has 1 saturated carbocycles. The summed E-state index contributed by atoms with van der Waals surface area (Å²) < 4.78 is 0. The number of hydrogen-bond donors (Lipinski definition) is 0. The molecule has 3 nitrogen and oxygen atoms in total. The van der Waals surface area contributed by atoms with E-state index in [1.807, 2.05) is 4.90 Å². The molecule has 0 bridgehead atoms. The second-order valence-electron chi connectivity index (χ2n) is 8.93. The van der Waals surface area contributed by atoms with Crippen molar-refractivity contribution in [1.29, 1.82) is 0 Å². The Bertz CT molecular complexity index is 875. The van der Waals surface area contributed by atoms with Crippen LogP contribution in [0.25, 0.3) is 11.1 Å². The molecule has 2 aromatic rings. The lowest BCUT2D eigenvalue weighted by atomic mass is 9.99. The molecular weight excluding hydrogens is 380 g/mol. The number of hydrogen-bond acceptors (Lipinski definition) is 2. The zero-order valence-electron chi connectivity index (χ0n) is 17.3. The van der Waals surface area contributed by atoms with Crippen LogP contribution in [0.1, 0.15) is 49.3 Å². The Kier molecular flexibility index (Phi) is 5.98. The number of fused-ring (bicyclic) bond motifs is 1. The second-order valence-corrected chi connectivity index (χ2v) is 8.93. The maximum Gasteiger partial charge on any atom is 0.226 e. The molecule has 3 aliphatic rings. The standard InChI is InChI=1S/C25H30N2O.ClH/c1-18-3-2-13-26(18)14-12-19-4-6-20(7-5-19)22-10-11-23-16-27(17-24(23)15-22)25(28)21-8-9-21;/h4-7,10-11,15,18,21H,2-3,8-9,12-14,16-17H2,1H3;1H. The van der Waals surface area contributed by atoms with Gasteiger partial charge in [-0.2, -0.15) is 0 Å². The van der Waals surface area contributed by atoms with Crippen molar-refractivity contribution in [3.63, 3.8) is 0 Å². The van der Waals surface area contributed by atoms with Gasteiger partial charge in [-0.25, -0.2) is 0 Å². The number of nitrogens with zero attached hydrogens (tertiary/aromatic N) is 2. The van der Waals surface area contributed by atoms with Crippen LogP contribution in [-0.4, -0.2) is 34.8 Å². The van der Waals surface area contributed by atoms with Gasteiger partial charge >= 0.3 is 0 Å². The number of carbonyl (C=O) groups is 1. The van der Waals surface area contributed by atoms with E-state index in [-0.39, 0.29) is 12.4 Å². The fourth-order valence-corrected chi connectivity index (χ4v) is 4.78. The largest absolute Gasteiger partial charge is 0.334 e. The normalized spacial score (nSPS) is 21.1. The number of halogens is 1. The summed E-state index contributed by atoms with van der Waals surface area (Å²) in [7, 11) is 0. The zero-order chi connectivity index (χ0) is 19.1. The van der Waals surface area contributed by atoms with Crippen molar-refractivity contribution in [3.8, 4) is 11.1 Å². The van der Waals surface area contributed by atoms with Gasteiger partial charge in [0.05, 0.1) is 0 Å². The summed E-state index contributed by atoms with van der Waals surface area (Å²) in [6.07, 6.45) is 6.00. The van der Waals surface area contributed by atoms with Crippen LogP contribution in [0.3, 0.4) is 0 Å². The van der Waals surface area contributed by atoms with Crippen molar-refractivity contribution in [1.82, 2.24) is 9.80 Å². The van der Waals surface area contributed by atoms with E-state index in [4.69, 9.17) is 0 Å². The molecule has 1 aliphatic carbocycles. The Hall–Kier alpha value is -1.84. The highest BCUT2D eigenvalue weighted by atomic mass is 35.5. The lowest BCUT2D eigenvalue weighted by molar-refractivity contribution is -0.133. The summed E-state index contributed by atoms with van der Waals surface area (Å²) in [6.45, 7) is 6.35. The van der Waals surface area contributed by atoms with Crippen LogP contribution in [0.5, 0.6) is 0 Å². The van der Waals surface area contributed by atoms with Crippen LogP contribution in [-0.2, 0) is 24.3 Å². The minimum absolute atomic E-state index is 0. The van der Waals surface area contributed by atoms with Gasteiger partial charge in [-0.1, -0.05) is 36.4 Å². The topological polar surface area (TPSA) is 23.6 Å². The molecule has 0 spiro atoms. The predicted molar refractivity (Wildman–Crippen MR) is 120 cm³/mol. The van der Waals surface area contributed by atoms with Crippen LogP contribution in [0.2, 0.25) is 0 Å². The first-order valence-electron chi connectivity index (χ1n) is 10.9. The molecule has 1 amide bonds. The Morgan fingerprint density at radius 1 is 0.966 bits per heavy atom. The lowest BCUT2D eigenvalue weighted by Crippen LogP contribution is -2.28. The number of likely N-dealkylation sites (tertiary alicyclic amines) is 1. The Labute approximate surface area is 180 Å². The van der Waals surface area contributed by atoms with E-state index in [1.54, 1.807) is 0 Å². The summed E-state index contributed by atoms with van der Waals surface area (Å²) in [4.78, 5) is 17.0. The molecule has 154 valence electrons. The molecule has 0 radical (unpaired) electrons. The SMILES string of the molecule is CC1CCCN1CCc1ccc(-c2ccc3c(c2)CN(C(=O)C2CC2)C3)cc1.Cl. The van der Waals surface area contributed by atoms with Gasteiger partial charge in [-0.05, 0) is 79.5 Å². The Morgan fingerprint density at radius 3 is 2.38 bits per heavy atom. The molecule has 4 heteroatoms. The number of carbonyl (C=O) groups excluding carboxylic acids is 1. The molecule has 2 aromatic carbocycles. The van der Waals surface area contributed by atoms with E-state index < -0.39 is 0 Å². The van der Waals surface area contributed by atoms with Crippen molar-refractivity contribution in [2.75, 3.05) is 13.1 Å². The lowest BCUT2D eigenvalue weighted by Gasteiger charge is -2.20. The van der Waals surface area contributed by atoms with Gasteiger partial charge in [0.15, 0.2) is 0 Å². The van der Waals surface area contributed by atoms with E-state index in [2.05, 4.69) is 54.3 Å². The van der Waals surface area contributed by atoms with Gasteiger partial charge in [0.25, 0.3) is 0 Å². The molecule has 0 aromatic heterocycles. The van der Waals surface area contributed by atoms with Crippen molar-refractivity contribution in [2.24, 2.45) is 5.92 Å². The van der Waals surface area contributed by atoms with E-state index >= 15 is 0 Å². The third-order valence-corrected chi connectivity index (χ3v) is 6.83. The van der Waals surface area contributed by atoms with Crippen LogP contribution in [0, 0.1) is 5.92 Å². The van der Waals surface area contributed by atoms with Crippen LogP contribution in [0.4, 0.5) is 0 Å². The summed E-state index contributed by atoms with van der Waals surface area (Å²) in [5.74, 6) is 0.666. The van der Waals surface area contributed by atoms with Gasteiger partial charge in [0.1, 0.15) is 0 Å². The van der Waals surface area contributed by atoms with Crippen LogP contribution < -0.4 is 0 Å². The first-order chi connectivity index (χ1) is 13.7. The predicted octanol–water partition coefficient (Wildman–Crippen LogP) is 5.05. The first kappa shape index (κ1) is 20.4. The highest BCUT2D eigenvalue weighted by Crippen LogP contribution is 2.35. The third kappa shape index (κ3) is 4.36. The quantitative estimate of drug-likeness (QED) is 0.688. The van der Waals surface area contributed by atoms with Gasteiger partial charge in [-0.15, -0.1) is 12.4 Å². The molecular formula is C25H31ClN2O. The molecule has 1 atom stereocenters. The van der Waals surface area contributed by atoms with Crippen LogP contribution >= 0.6 is 12.4 Å². The minimum atomic E-state index is 0. The van der Waals surface area contributed by atoms with Gasteiger partial charge in [0.2, 0.25) is 5.91 Å². The average Bonchev–Trinajstić information content (AvgIpc) is 3.35. The number of rotatable bonds is 5. The first-order valence-corrected chi connectivity index (χ1v) is 10.9. The number of benzene rings is 2. The van der Waals surface area contributed by atoms with Crippen molar-refractivity contribution >= 4 is 18.3 Å². The van der Waals surface area contributed by atoms with Gasteiger partial charge in [0, 0.05) is 31.6 Å². The summed E-state index contributed by atoms with van der Waals surface area (Å²) in [5.41, 5.74) is 6.59. The third-order valence-electron chi connectivity index (χ3n) is 6.83. The van der Waals surface area contributed by atoms with Crippen LogP contribution in [0.15, 0.2) is 42.5 Å². The van der Waals surface area contributed by atoms with Gasteiger partial charge in [-0.3, -0.25) is 4.79 Å². The van der Waals surface area contributed by atoms with Gasteiger partial charge < -0.3 is 9.80 Å². The van der Waals surface area contributed by atoms with E-state index in [0.29, 0.717) is 11.8 Å². The molecule has 1 saturated heterocycles. The van der Waals surface area contributed by atoms with E-state index in [1.165, 1.54) is 53.7 Å². The molecule has 1 unspecified atom stereocenters. The number of amides is 1. The van der Waals surface area contributed by atoms with Crippen molar-refractivity contribution < 1.29 is 4.79 Å². The maximum atomic E-state index is 12.4. The second kappa shape index (κ2) is 8.49. The monoisotopic (exact) mass is 410 g/mol. The Balaban J connectivity index is 0.00000205. The fraction of sp³-hybridized carbons (Fsp3) is 0.480. The van der Waals surface area contributed by atoms with E-state index in [9.17, 15) is 4.79 Å². The summed E-state index contributed by atoms with van der Waals surface area (Å²) >= 11 is 0. The fourth-order valence-electron chi connectivity index (χ4n) is 4.78.